The Bertz CT molecular complexity index is 166. The Labute approximate surface area is 73.9 Å². The Morgan fingerprint density at radius 1 is 1.00 bits per heavy atom. The number of halogens is 1. The van der Waals surface area contributed by atoms with Crippen molar-refractivity contribution in [3.05, 3.63) is 30.1 Å². The van der Waals surface area contributed by atoms with Crippen molar-refractivity contribution in [3.63, 3.8) is 0 Å². The predicted octanol–water partition coefficient (Wildman–Crippen LogP) is 3.58. The van der Waals surface area contributed by atoms with Crippen LogP contribution in [0.2, 0.25) is 0 Å². The Kier molecular flexibility index (Phi) is 11.2. The first-order valence-electron chi connectivity index (χ1n) is 4.24. The number of phenols is 1. The molecule has 12 heavy (non-hydrogen) atoms. The van der Waals surface area contributed by atoms with Crippen LogP contribution in [0.25, 0.3) is 0 Å². The molecular weight excluding hydrogens is 155 g/mol. The highest BCUT2D eigenvalue weighted by atomic mass is 19.1. The Balaban J connectivity index is 0. The van der Waals surface area contributed by atoms with E-state index in [9.17, 15) is 4.39 Å². The first-order valence-corrected chi connectivity index (χ1v) is 4.24. The molecule has 1 N–H and O–H groups in total. The summed E-state index contributed by atoms with van der Waals surface area (Å²) in [5.41, 5.74) is 0. The summed E-state index contributed by atoms with van der Waals surface area (Å²) < 4.78 is 12.1. The van der Waals surface area contributed by atoms with Crippen LogP contribution in [0, 0.1) is 5.82 Å². The third-order valence-corrected chi connectivity index (χ3v) is 0.852. The molecule has 0 aromatic heterocycles. The molecule has 0 saturated heterocycles. The lowest BCUT2D eigenvalue weighted by molar-refractivity contribution is 0.432. The van der Waals surface area contributed by atoms with Crippen molar-refractivity contribution in [1.82, 2.24) is 0 Å². The van der Waals surface area contributed by atoms with Crippen LogP contribution in [0.15, 0.2) is 24.3 Å². The monoisotopic (exact) mass is 172 g/mol. The van der Waals surface area contributed by atoms with Crippen LogP contribution in [-0.4, -0.2) is 5.11 Å². The largest absolute Gasteiger partial charge is 0.505 e. The van der Waals surface area contributed by atoms with E-state index in [0.29, 0.717) is 0 Å². The summed E-state index contributed by atoms with van der Waals surface area (Å²) in [4.78, 5) is 0. The average molecular weight is 172 g/mol. The van der Waals surface area contributed by atoms with Gasteiger partial charge in [0.15, 0.2) is 11.6 Å². The first kappa shape index (κ1) is 13.5. The molecule has 0 bridgehead atoms. The van der Waals surface area contributed by atoms with E-state index >= 15 is 0 Å². The third kappa shape index (κ3) is 5.71. The van der Waals surface area contributed by atoms with Crippen LogP contribution in [0.3, 0.4) is 0 Å². The van der Waals surface area contributed by atoms with Gasteiger partial charge in [0.1, 0.15) is 0 Å². The van der Waals surface area contributed by atoms with Crippen molar-refractivity contribution in [2.75, 3.05) is 0 Å². The molecule has 0 saturated carbocycles. The van der Waals surface area contributed by atoms with E-state index in [1.54, 1.807) is 6.07 Å². The van der Waals surface area contributed by atoms with Gasteiger partial charge in [-0.25, -0.2) is 4.39 Å². The molecule has 0 amide bonds. The van der Waals surface area contributed by atoms with Gasteiger partial charge in [-0.1, -0.05) is 39.8 Å². The number of hydrogen-bond donors (Lipinski definition) is 1. The quantitative estimate of drug-likeness (QED) is 0.634. The van der Waals surface area contributed by atoms with Crippen LogP contribution >= 0.6 is 0 Å². The molecular formula is C10H17FO. The SMILES string of the molecule is CC.CC.Oc1ccccc1F. The average Bonchev–Trinajstić information content (AvgIpc) is 2.17. The Hall–Kier alpha value is -1.05. The molecule has 0 aliphatic rings. The minimum Gasteiger partial charge on any atom is -0.505 e. The van der Waals surface area contributed by atoms with Gasteiger partial charge in [-0.2, -0.15) is 0 Å². The molecule has 0 spiro atoms. The second kappa shape index (κ2) is 9.95. The van der Waals surface area contributed by atoms with Gasteiger partial charge in [0.2, 0.25) is 0 Å². The van der Waals surface area contributed by atoms with Crippen LogP contribution in [0.4, 0.5) is 4.39 Å². The zero-order valence-corrected chi connectivity index (χ0v) is 8.13. The second-order valence-electron chi connectivity index (χ2n) is 1.45. The number of hydrogen-bond acceptors (Lipinski definition) is 1. The Morgan fingerprint density at radius 3 is 1.67 bits per heavy atom. The highest BCUT2D eigenvalue weighted by Crippen LogP contribution is 2.11. The first-order chi connectivity index (χ1) is 5.80. The lowest BCUT2D eigenvalue weighted by Crippen LogP contribution is -1.70. The molecule has 0 radical (unpaired) electrons. The fraction of sp³-hybridized carbons (Fsp3) is 0.400. The zero-order valence-electron chi connectivity index (χ0n) is 8.13. The molecule has 0 unspecified atom stereocenters. The molecule has 0 fully saturated rings. The molecule has 1 nitrogen and oxygen atoms in total. The summed E-state index contributed by atoms with van der Waals surface area (Å²) in [5, 5.41) is 8.54. The fourth-order valence-corrected chi connectivity index (χ4v) is 0.452. The van der Waals surface area contributed by atoms with Gasteiger partial charge in [0.05, 0.1) is 0 Å². The molecule has 0 aliphatic carbocycles. The van der Waals surface area contributed by atoms with Gasteiger partial charge < -0.3 is 5.11 Å². The summed E-state index contributed by atoms with van der Waals surface area (Å²) >= 11 is 0. The number of aromatic hydroxyl groups is 1. The van der Waals surface area contributed by atoms with E-state index in [0.717, 1.165) is 0 Å². The van der Waals surface area contributed by atoms with Crippen molar-refractivity contribution in [1.29, 1.82) is 0 Å². The molecule has 70 valence electrons. The van der Waals surface area contributed by atoms with Gasteiger partial charge in [-0.15, -0.1) is 0 Å². The molecule has 0 atom stereocenters. The molecule has 2 heteroatoms. The maximum Gasteiger partial charge on any atom is 0.164 e. The van der Waals surface area contributed by atoms with E-state index in [2.05, 4.69) is 0 Å². The van der Waals surface area contributed by atoms with Gasteiger partial charge in [0, 0.05) is 0 Å². The van der Waals surface area contributed by atoms with Gasteiger partial charge in [-0.05, 0) is 12.1 Å². The highest BCUT2D eigenvalue weighted by molar-refractivity contribution is 5.21. The maximum absolute atomic E-state index is 12.1. The van der Waals surface area contributed by atoms with E-state index in [4.69, 9.17) is 5.11 Å². The molecule has 1 aromatic rings. The topological polar surface area (TPSA) is 20.2 Å². The number of rotatable bonds is 0. The van der Waals surface area contributed by atoms with E-state index < -0.39 is 5.82 Å². The van der Waals surface area contributed by atoms with Gasteiger partial charge in [-0.3, -0.25) is 0 Å². The van der Waals surface area contributed by atoms with Gasteiger partial charge >= 0.3 is 0 Å². The normalized spacial score (nSPS) is 7.08. The predicted molar refractivity (Wildman–Crippen MR) is 50.8 cm³/mol. The van der Waals surface area contributed by atoms with Gasteiger partial charge in [0.25, 0.3) is 0 Å². The lowest BCUT2D eigenvalue weighted by Gasteiger charge is -1.88. The van der Waals surface area contributed by atoms with Crippen molar-refractivity contribution in [3.8, 4) is 5.75 Å². The standard InChI is InChI=1S/C6H5FO.2C2H6/c7-5-3-1-2-4-6(5)8;2*1-2/h1-4,8H;2*1-2H3. The smallest absolute Gasteiger partial charge is 0.164 e. The number of para-hydroxylation sites is 1. The van der Waals surface area contributed by atoms with Crippen LogP contribution in [-0.2, 0) is 0 Å². The number of phenolic OH excluding ortho intramolecular Hbond substituents is 1. The Morgan fingerprint density at radius 2 is 1.42 bits per heavy atom. The summed E-state index contributed by atoms with van der Waals surface area (Å²) in [6, 6.07) is 5.60. The minimum atomic E-state index is -0.576. The molecule has 0 heterocycles. The maximum atomic E-state index is 12.1. The zero-order chi connectivity index (χ0) is 9.98. The molecule has 1 aromatic carbocycles. The summed E-state index contributed by atoms with van der Waals surface area (Å²) in [6.45, 7) is 8.00. The van der Waals surface area contributed by atoms with Crippen molar-refractivity contribution >= 4 is 0 Å². The summed E-state index contributed by atoms with van der Waals surface area (Å²) in [6.07, 6.45) is 0. The fourth-order valence-electron chi connectivity index (χ4n) is 0.452. The van der Waals surface area contributed by atoms with E-state index in [1.807, 2.05) is 27.7 Å². The second-order valence-corrected chi connectivity index (χ2v) is 1.45. The third-order valence-electron chi connectivity index (χ3n) is 0.852. The van der Waals surface area contributed by atoms with Crippen molar-refractivity contribution < 1.29 is 9.50 Å². The van der Waals surface area contributed by atoms with Crippen LogP contribution in [0.1, 0.15) is 27.7 Å². The van der Waals surface area contributed by atoms with Crippen LogP contribution < -0.4 is 0 Å². The summed E-state index contributed by atoms with van der Waals surface area (Å²) in [7, 11) is 0. The number of benzene rings is 1. The van der Waals surface area contributed by atoms with Crippen molar-refractivity contribution in [2.24, 2.45) is 0 Å². The lowest BCUT2D eigenvalue weighted by atomic mass is 10.3. The summed E-state index contributed by atoms with van der Waals surface area (Å²) in [5.74, 6) is -0.875. The van der Waals surface area contributed by atoms with E-state index in [-0.39, 0.29) is 5.75 Å². The minimum absolute atomic E-state index is 0.299. The van der Waals surface area contributed by atoms with Crippen LogP contribution in [0.5, 0.6) is 5.75 Å². The van der Waals surface area contributed by atoms with E-state index in [1.165, 1.54) is 18.2 Å². The molecule has 1 rings (SSSR count). The highest BCUT2D eigenvalue weighted by Gasteiger charge is 1.91. The van der Waals surface area contributed by atoms with Crippen molar-refractivity contribution in [2.45, 2.75) is 27.7 Å². The molecule has 0 aliphatic heterocycles.